The monoisotopic (exact) mass is 290 g/mol. The first-order valence-corrected chi connectivity index (χ1v) is 5.95. The molecule has 1 aromatic rings. The minimum atomic E-state index is -5.01. The Morgan fingerprint density at radius 2 is 2.20 bits per heavy atom. The minimum Gasteiger partial charge on any atom is -0.456 e. The zero-order valence-corrected chi connectivity index (χ0v) is 10.9. The van der Waals surface area contributed by atoms with Crippen LogP contribution in [-0.4, -0.2) is 33.6 Å². The molecule has 1 amide bonds. The van der Waals surface area contributed by atoms with Gasteiger partial charge in [-0.15, -0.1) is 0 Å². The van der Waals surface area contributed by atoms with Crippen LogP contribution in [0.25, 0.3) is 0 Å². The van der Waals surface area contributed by atoms with Crippen molar-refractivity contribution in [2.45, 2.75) is 38.6 Å². The van der Waals surface area contributed by atoms with Crippen molar-refractivity contribution in [1.29, 1.82) is 0 Å². The maximum Gasteiger partial charge on any atom is 0.438 e. The molecule has 1 N–H and O–H groups in total. The summed E-state index contributed by atoms with van der Waals surface area (Å²) in [4.78, 5) is 12.0. The quantitative estimate of drug-likeness (QED) is 0.909. The highest BCUT2D eigenvalue weighted by Crippen LogP contribution is 2.41. The minimum absolute atomic E-state index is 0.0596. The van der Waals surface area contributed by atoms with Gasteiger partial charge in [-0.1, -0.05) is 6.92 Å². The van der Waals surface area contributed by atoms with Gasteiger partial charge in [0.05, 0.1) is 0 Å². The fraction of sp³-hybridized carbons (Fsp3) is 0.500. The maximum absolute atomic E-state index is 13.0. The molecule has 0 fully saturated rings. The third kappa shape index (κ3) is 2.20. The number of halogens is 3. The second kappa shape index (κ2) is 4.62. The molecule has 0 bridgehead atoms. The number of carbonyl (C=O) groups is 1. The average molecular weight is 290 g/mol. The number of hydrazone groups is 1. The third-order valence-electron chi connectivity index (χ3n) is 3.05. The van der Waals surface area contributed by atoms with Crippen molar-refractivity contribution < 1.29 is 27.5 Å². The number of aliphatic hydroxyl groups is 1. The number of hydrogen-bond acceptors (Lipinski definition) is 4. The van der Waals surface area contributed by atoms with E-state index in [2.05, 4.69) is 5.10 Å². The van der Waals surface area contributed by atoms with Gasteiger partial charge in [0.1, 0.15) is 5.76 Å². The second-order valence-electron chi connectivity index (χ2n) is 4.54. The van der Waals surface area contributed by atoms with Crippen molar-refractivity contribution in [3.05, 3.63) is 23.7 Å². The fourth-order valence-corrected chi connectivity index (χ4v) is 1.90. The van der Waals surface area contributed by atoms with Crippen LogP contribution in [0.2, 0.25) is 0 Å². The summed E-state index contributed by atoms with van der Waals surface area (Å²) < 4.78 is 44.1. The highest BCUT2D eigenvalue weighted by Gasteiger charge is 2.63. The molecule has 0 aliphatic carbocycles. The molecule has 1 aliphatic heterocycles. The number of rotatable bonds is 2. The lowest BCUT2D eigenvalue weighted by molar-refractivity contribution is -0.297. The van der Waals surface area contributed by atoms with Crippen molar-refractivity contribution >= 4 is 11.6 Å². The molecule has 2 rings (SSSR count). The number of furan rings is 1. The molecule has 1 aromatic heterocycles. The molecule has 0 saturated carbocycles. The SMILES string of the molecule is CCC1=NN(C(=O)c2ccc(C)o2)[C@@](O)(C(F)(F)F)C1. The van der Waals surface area contributed by atoms with Gasteiger partial charge in [-0.05, 0) is 25.5 Å². The van der Waals surface area contributed by atoms with Crippen molar-refractivity contribution in [2.24, 2.45) is 5.10 Å². The Labute approximate surface area is 112 Å². The third-order valence-corrected chi connectivity index (χ3v) is 3.05. The summed E-state index contributed by atoms with van der Waals surface area (Å²) in [7, 11) is 0. The first-order valence-electron chi connectivity index (χ1n) is 5.95. The highest BCUT2D eigenvalue weighted by atomic mass is 19.4. The standard InChI is InChI=1S/C12H13F3N2O3/c1-3-8-6-11(19,12(13,14)15)17(16-8)10(18)9-5-4-7(2)20-9/h4-5,19H,3,6H2,1-2H3/t11-/m0/s1. The maximum atomic E-state index is 13.0. The molecule has 20 heavy (non-hydrogen) atoms. The van der Waals surface area contributed by atoms with E-state index in [0.29, 0.717) is 5.76 Å². The summed E-state index contributed by atoms with van der Waals surface area (Å²) in [6, 6.07) is 2.69. The Hall–Kier alpha value is -1.83. The van der Waals surface area contributed by atoms with Crippen LogP contribution >= 0.6 is 0 Å². The molecule has 0 aromatic carbocycles. The first-order chi connectivity index (χ1) is 9.19. The van der Waals surface area contributed by atoms with E-state index in [-0.39, 0.29) is 22.9 Å². The van der Waals surface area contributed by atoms with E-state index in [1.807, 2.05) is 0 Å². The van der Waals surface area contributed by atoms with E-state index in [1.54, 1.807) is 13.8 Å². The van der Waals surface area contributed by atoms with Gasteiger partial charge in [0.25, 0.3) is 5.72 Å². The molecule has 2 heterocycles. The van der Waals surface area contributed by atoms with Crippen LogP contribution in [0.3, 0.4) is 0 Å². The predicted molar refractivity (Wildman–Crippen MR) is 63.0 cm³/mol. The van der Waals surface area contributed by atoms with Crippen LogP contribution in [0.15, 0.2) is 21.7 Å². The zero-order chi connectivity index (χ0) is 15.1. The Bertz CT molecular complexity index is 565. The normalized spacial score (nSPS) is 23.1. The number of carbonyl (C=O) groups excluding carboxylic acids is 1. The Morgan fingerprint density at radius 1 is 1.55 bits per heavy atom. The van der Waals surface area contributed by atoms with E-state index >= 15 is 0 Å². The molecule has 5 nitrogen and oxygen atoms in total. The van der Waals surface area contributed by atoms with E-state index in [0.717, 1.165) is 0 Å². The van der Waals surface area contributed by atoms with Gasteiger partial charge in [-0.2, -0.15) is 23.3 Å². The lowest BCUT2D eigenvalue weighted by atomic mass is 10.1. The smallest absolute Gasteiger partial charge is 0.438 e. The van der Waals surface area contributed by atoms with Crippen LogP contribution in [0.4, 0.5) is 13.2 Å². The van der Waals surface area contributed by atoms with E-state index in [4.69, 9.17) is 4.42 Å². The van der Waals surface area contributed by atoms with E-state index in [1.165, 1.54) is 12.1 Å². The summed E-state index contributed by atoms with van der Waals surface area (Å²) in [5.41, 5.74) is -3.22. The van der Waals surface area contributed by atoms with Crippen LogP contribution in [0, 0.1) is 6.92 Å². The molecular formula is C12H13F3N2O3. The molecule has 1 atom stereocenters. The first kappa shape index (κ1) is 14.6. The van der Waals surface area contributed by atoms with Gasteiger partial charge in [0.2, 0.25) is 0 Å². The lowest BCUT2D eigenvalue weighted by Gasteiger charge is -2.32. The van der Waals surface area contributed by atoms with Crippen LogP contribution in [0.1, 0.15) is 36.1 Å². The Balaban J connectivity index is 2.40. The molecule has 8 heteroatoms. The van der Waals surface area contributed by atoms with Gasteiger partial charge in [-0.3, -0.25) is 4.79 Å². The molecule has 0 saturated heterocycles. The number of amides is 1. The summed E-state index contributed by atoms with van der Waals surface area (Å²) in [5, 5.41) is 13.5. The highest BCUT2D eigenvalue weighted by molar-refractivity contribution is 5.96. The topological polar surface area (TPSA) is 66.0 Å². The summed E-state index contributed by atoms with van der Waals surface area (Å²) >= 11 is 0. The average Bonchev–Trinajstić information content (AvgIpc) is 2.92. The van der Waals surface area contributed by atoms with Crippen LogP contribution < -0.4 is 0 Å². The van der Waals surface area contributed by atoms with Crippen molar-refractivity contribution in [3.8, 4) is 0 Å². The largest absolute Gasteiger partial charge is 0.456 e. The van der Waals surface area contributed by atoms with E-state index in [9.17, 15) is 23.1 Å². The van der Waals surface area contributed by atoms with E-state index < -0.39 is 24.2 Å². The summed E-state index contributed by atoms with van der Waals surface area (Å²) in [6.45, 7) is 3.15. The van der Waals surface area contributed by atoms with Gasteiger partial charge >= 0.3 is 12.1 Å². The fourth-order valence-electron chi connectivity index (χ4n) is 1.90. The molecule has 110 valence electrons. The van der Waals surface area contributed by atoms with Crippen LogP contribution in [-0.2, 0) is 0 Å². The lowest BCUT2D eigenvalue weighted by Crippen LogP contribution is -2.56. The van der Waals surface area contributed by atoms with Gasteiger partial charge in [-0.25, -0.2) is 0 Å². The van der Waals surface area contributed by atoms with Crippen molar-refractivity contribution in [3.63, 3.8) is 0 Å². The second-order valence-corrected chi connectivity index (χ2v) is 4.54. The Kier molecular flexibility index (Phi) is 3.37. The number of nitrogens with zero attached hydrogens (tertiary/aromatic N) is 2. The molecule has 1 aliphatic rings. The van der Waals surface area contributed by atoms with Crippen molar-refractivity contribution in [2.75, 3.05) is 0 Å². The molecule has 0 unspecified atom stereocenters. The van der Waals surface area contributed by atoms with Gasteiger partial charge in [0, 0.05) is 12.1 Å². The number of aryl methyl sites for hydroxylation is 1. The van der Waals surface area contributed by atoms with Gasteiger partial charge in [0.15, 0.2) is 5.76 Å². The Morgan fingerprint density at radius 3 is 2.65 bits per heavy atom. The van der Waals surface area contributed by atoms with Gasteiger partial charge < -0.3 is 9.52 Å². The predicted octanol–water partition coefficient (Wildman–Crippen LogP) is 2.45. The van der Waals surface area contributed by atoms with Crippen molar-refractivity contribution in [1.82, 2.24) is 5.01 Å². The molecule has 0 radical (unpaired) electrons. The number of hydrogen-bond donors (Lipinski definition) is 1. The van der Waals surface area contributed by atoms with Crippen LogP contribution in [0.5, 0.6) is 0 Å². The summed E-state index contributed by atoms with van der Waals surface area (Å²) in [5.74, 6) is -1.05. The number of alkyl halides is 3. The summed E-state index contributed by atoms with van der Waals surface area (Å²) in [6.07, 6.45) is -5.55. The zero-order valence-electron chi connectivity index (χ0n) is 10.9. The molecule has 0 spiro atoms. The molecular weight excluding hydrogens is 277 g/mol.